The standard InChI is InChI=1S/C26H27F2N7O4S/c1-4-10-40(37,38)35-19-9-8-18(27)20(22(19)28)23(36)17-12-32-26(3)21(17)25(31-13-33-26)34-16-7-5-6-15(11-16)24(30)39-14(2)29/h5-9,11-13,29-30,32,34-35H,4,10H2,1-3H3,(H,31,33). The van der Waals surface area contributed by atoms with Gasteiger partial charge in [0.2, 0.25) is 21.7 Å². The summed E-state index contributed by atoms with van der Waals surface area (Å²) in [7, 11) is -3.91. The minimum Gasteiger partial charge on any atom is -0.426 e. The molecule has 1 atom stereocenters. The highest BCUT2D eigenvalue weighted by Crippen LogP contribution is 2.37. The first-order valence-electron chi connectivity index (χ1n) is 12.1. The van der Waals surface area contributed by atoms with E-state index in [1.807, 2.05) is 0 Å². The predicted octanol–water partition coefficient (Wildman–Crippen LogP) is 3.80. The van der Waals surface area contributed by atoms with Crippen molar-refractivity contribution in [1.82, 2.24) is 10.6 Å². The van der Waals surface area contributed by atoms with Gasteiger partial charge in [-0.2, -0.15) is 0 Å². The lowest BCUT2D eigenvalue weighted by Gasteiger charge is -2.30. The van der Waals surface area contributed by atoms with Crippen molar-refractivity contribution in [3.63, 3.8) is 0 Å². The predicted molar refractivity (Wildman–Crippen MR) is 148 cm³/mol. The van der Waals surface area contributed by atoms with E-state index < -0.39 is 44.4 Å². The van der Waals surface area contributed by atoms with E-state index in [2.05, 4.69) is 25.7 Å². The molecule has 0 aliphatic carbocycles. The van der Waals surface area contributed by atoms with E-state index in [1.54, 1.807) is 38.1 Å². The second-order valence-corrected chi connectivity index (χ2v) is 11.0. The topological polar surface area (TPSA) is 169 Å². The maximum absolute atomic E-state index is 15.4. The van der Waals surface area contributed by atoms with Crippen LogP contribution in [0.5, 0.6) is 0 Å². The smallest absolute Gasteiger partial charge is 0.232 e. The van der Waals surface area contributed by atoms with E-state index in [0.717, 1.165) is 12.1 Å². The number of rotatable bonds is 9. The molecule has 2 heterocycles. The molecule has 0 amide bonds. The minimum atomic E-state index is -3.91. The van der Waals surface area contributed by atoms with Gasteiger partial charge in [0.1, 0.15) is 11.6 Å². The van der Waals surface area contributed by atoms with Crippen LogP contribution in [0.25, 0.3) is 0 Å². The van der Waals surface area contributed by atoms with Gasteiger partial charge in [-0.15, -0.1) is 0 Å². The number of anilines is 2. The average Bonchev–Trinajstić information content (AvgIpc) is 3.24. The van der Waals surface area contributed by atoms with Gasteiger partial charge in [0.15, 0.2) is 17.4 Å². The number of nitrogens with zero attached hydrogens (tertiary/aromatic N) is 1. The molecule has 2 aromatic carbocycles. The molecular formula is C26H27F2N7O4S. The number of carbonyl (C=O) groups excluding carboxylic acids is 1. The molecule has 4 rings (SSSR count). The molecular weight excluding hydrogens is 544 g/mol. The maximum atomic E-state index is 15.4. The number of aliphatic imine (C=N–C) groups is 1. The van der Waals surface area contributed by atoms with E-state index in [4.69, 9.17) is 15.6 Å². The summed E-state index contributed by atoms with van der Waals surface area (Å²) in [6.07, 6.45) is 2.96. The number of ether oxygens (including phenoxy) is 1. The highest BCUT2D eigenvalue weighted by molar-refractivity contribution is 7.92. The lowest BCUT2D eigenvalue weighted by atomic mass is 9.91. The molecule has 0 bridgehead atoms. The van der Waals surface area contributed by atoms with Crippen molar-refractivity contribution in [3.8, 4) is 0 Å². The van der Waals surface area contributed by atoms with Gasteiger partial charge in [-0.1, -0.05) is 13.0 Å². The molecule has 40 heavy (non-hydrogen) atoms. The minimum absolute atomic E-state index is 0.104. The number of halogens is 2. The Labute approximate surface area is 229 Å². The molecule has 0 saturated carbocycles. The Morgan fingerprint density at radius 2 is 1.95 bits per heavy atom. The molecule has 210 valence electrons. The van der Waals surface area contributed by atoms with Crippen molar-refractivity contribution >= 4 is 45.3 Å². The zero-order valence-corrected chi connectivity index (χ0v) is 22.6. The van der Waals surface area contributed by atoms with Crippen molar-refractivity contribution in [2.24, 2.45) is 4.99 Å². The number of hydrogen-bond acceptors (Lipinski definition) is 10. The van der Waals surface area contributed by atoms with E-state index in [-0.39, 0.29) is 40.9 Å². The fourth-order valence-electron chi connectivity index (χ4n) is 4.23. The van der Waals surface area contributed by atoms with Gasteiger partial charge in [-0.3, -0.25) is 20.3 Å². The summed E-state index contributed by atoms with van der Waals surface area (Å²) in [5.41, 5.74) is -1.64. The molecule has 0 saturated heterocycles. The fourth-order valence-corrected chi connectivity index (χ4v) is 5.36. The largest absolute Gasteiger partial charge is 0.426 e. The SMILES string of the molecule is CCCS(=O)(=O)Nc1ccc(F)c(C(=O)C2=CNC3(C)N=CNC(Nc4cccc(C(=N)OC(C)=N)c4)=C23)c1F. The first-order chi connectivity index (χ1) is 18.8. The Morgan fingerprint density at radius 1 is 1.20 bits per heavy atom. The van der Waals surface area contributed by atoms with Gasteiger partial charge in [0.25, 0.3) is 0 Å². The number of benzene rings is 2. The van der Waals surface area contributed by atoms with Gasteiger partial charge >= 0.3 is 0 Å². The van der Waals surface area contributed by atoms with Crippen LogP contribution in [0.3, 0.4) is 0 Å². The van der Waals surface area contributed by atoms with Crippen LogP contribution in [-0.4, -0.2) is 43.8 Å². The molecule has 0 spiro atoms. The van der Waals surface area contributed by atoms with Crippen LogP contribution in [-0.2, 0) is 14.8 Å². The molecule has 2 aliphatic rings. The Balaban J connectivity index is 1.72. The van der Waals surface area contributed by atoms with Crippen LogP contribution in [0, 0.1) is 22.5 Å². The van der Waals surface area contributed by atoms with Gasteiger partial charge in [0.05, 0.1) is 28.9 Å². The van der Waals surface area contributed by atoms with E-state index in [0.29, 0.717) is 11.3 Å². The molecule has 1 unspecified atom stereocenters. The monoisotopic (exact) mass is 571 g/mol. The van der Waals surface area contributed by atoms with Crippen LogP contribution >= 0.6 is 0 Å². The molecule has 2 aliphatic heterocycles. The quantitative estimate of drug-likeness (QED) is 0.151. The van der Waals surface area contributed by atoms with Crippen LogP contribution in [0.15, 0.2) is 64.6 Å². The average molecular weight is 572 g/mol. The van der Waals surface area contributed by atoms with E-state index >= 15 is 4.39 Å². The third kappa shape index (κ3) is 5.71. The van der Waals surface area contributed by atoms with Crippen LogP contribution < -0.4 is 20.7 Å². The highest BCUT2D eigenvalue weighted by atomic mass is 32.2. The Hall–Kier alpha value is -4.59. The number of Topliss-reactive ketones (excluding diaryl/α,β-unsaturated/α-hetero) is 1. The van der Waals surface area contributed by atoms with E-state index in [9.17, 15) is 17.6 Å². The molecule has 14 heteroatoms. The number of hydrogen-bond donors (Lipinski definition) is 6. The fraction of sp³-hybridized carbons (Fsp3) is 0.231. The first kappa shape index (κ1) is 28.4. The van der Waals surface area contributed by atoms with Crippen molar-refractivity contribution in [1.29, 1.82) is 10.8 Å². The third-order valence-electron chi connectivity index (χ3n) is 5.99. The Bertz CT molecular complexity index is 1620. The number of nitrogens with one attached hydrogen (secondary N) is 6. The summed E-state index contributed by atoms with van der Waals surface area (Å²) >= 11 is 0. The molecule has 11 nitrogen and oxygen atoms in total. The van der Waals surface area contributed by atoms with Gasteiger partial charge in [-0.25, -0.2) is 22.2 Å². The van der Waals surface area contributed by atoms with Crippen molar-refractivity contribution < 1.29 is 26.7 Å². The first-order valence-corrected chi connectivity index (χ1v) is 13.8. The normalized spacial score (nSPS) is 17.8. The number of ketones is 1. The lowest BCUT2D eigenvalue weighted by molar-refractivity contribution is 0.102. The van der Waals surface area contributed by atoms with Crippen molar-refractivity contribution in [2.45, 2.75) is 32.9 Å². The molecule has 0 radical (unpaired) electrons. The number of carbonyl (C=O) groups is 1. The van der Waals surface area contributed by atoms with Gasteiger partial charge in [-0.05, 0) is 43.7 Å². The van der Waals surface area contributed by atoms with Crippen LogP contribution in [0.2, 0.25) is 0 Å². The number of sulfonamides is 1. The second-order valence-electron chi connectivity index (χ2n) is 9.15. The van der Waals surface area contributed by atoms with Crippen LogP contribution in [0.4, 0.5) is 20.2 Å². The molecule has 0 aromatic heterocycles. The lowest BCUT2D eigenvalue weighted by Crippen LogP contribution is -2.42. The number of fused-ring (bicyclic) bond motifs is 1. The highest BCUT2D eigenvalue weighted by Gasteiger charge is 2.43. The zero-order valence-electron chi connectivity index (χ0n) is 21.8. The summed E-state index contributed by atoms with van der Waals surface area (Å²) in [4.78, 5) is 17.9. The van der Waals surface area contributed by atoms with Gasteiger partial charge in [0, 0.05) is 29.9 Å². The summed E-state index contributed by atoms with van der Waals surface area (Å²) < 4.78 is 61.8. The van der Waals surface area contributed by atoms with Gasteiger partial charge < -0.3 is 20.7 Å². The second kappa shape index (κ2) is 10.9. The van der Waals surface area contributed by atoms with Crippen molar-refractivity contribution in [3.05, 3.63) is 82.3 Å². The molecule has 6 N–H and O–H groups in total. The molecule has 2 aromatic rings. The third-order valence-corrected chi connectivity index (χ3v) is 7.46. The Morgan fingerprint density at radius 3 is 2.65 bits per heavy atom. The molecule has 0 fully saturated rings. The summed E-state index contributed by atoms with van der Waals surface area (Å²) in [6, 6.07) is 8.29. The summed E-state index contributed by atoms with van der Waals surface area (Å²) in [5, 5.41) is 24.4. The summed E-state index contributed by atoms with van der Waals surface area (Å²) in [5.74, 6) is -3.92. The zero-order chi connectivity index (χ0) is 29.2. The van der Waals surface area contributed by atoms with Crippen LogP contribution in [0.1, 0.15) is 43.1 Å². The van der Waals surface area contributed by atoms with E-state index in [1.165, 1.54) is 19.5 Å². The summed E-state index contributed by atoms with van der Waals surface area (Å²) in [6.45, 7) is 4.69. The Kier molecular flexibility index (Phi) is 7.73. The maximum Gasteiger partial charge on any atom is 0.232 e. The van der Waals surface area contributed by atoms with Crippen molar-refractivity contribution in [2.75, 3.05) is 15.8 Å².